The lowest BCUT2D eigenvalue weighted by Gasteiger charge is -2.33. The van der Waals surface area contributed by atoms with Gasteiger partial charge in [0.25, 0.3) is 0 Å². The summed E-state index contributed by atoms with van der Waals surface area (Å²) in [5.74, 6) is 2.87. The highest BCUT2D eigenvalue weighted by Crippen LogP contribution is 2.48. The van der Waals surface area contributed by atoms with Crippen molar-refractivity contribution in [3.05, 3.63) is 0 Å². The molecule has 3 aliphatic heterocycles. The minimum Gasteiger partial charge on any atom is -0.315 e. The standard InChI is InChI=1S/C8H14N2/c9-8-7-2-5-1-6(7)4-10(8)3-5/h5-8H,1-4,9H2. The van der Waals surface area contributed by atoms with Crippen molar-refractivity contribution in [2.45, 2.75) is 19.0 Å². The molecule has 10 heavy (non-hydrogen) atoms. The van der Waals surface area contributed by atoms with E-state index in [0.29, 0.717) is 6.17 Å². The van der Waals surface area contributed by atoms with Gasteiger partial charge in [0.1, 0.15) is 0 Å². The lowest BCUT2D eigenvalue weighted by Crippen LogP contribution is -2.46. The van der Waals surface area contributed by atoms with Crippen molar-refractivity contribution >= 4 is 0 Å². The Labute approximate surface area is 61.4 Å². The molecular weight excluding hydrogens is 124 g/mol. The Hall–Kier alpha value is -0.0800. The summed E-state index contributed by atoms with van der Waals surface area (Å²) < 4.78 is 0. The van der Waals surface area contributed by atoms with Crippen LogP contribution in [0.1, 0.15) is 12.8 Å². The predicted octanol–water partition coefficient (Wildman–Crippen LogP) is 0.243. The molecule has 0 radical (unpaired) electrons. The van der Waals surface area contributed by atoms with Crippen molar-refractivity contribution in [1.82, 2.24) is 4.90 Å². The molecule has 5 atom stereocenters. The molecule has 2 nitrogen and oxygen atoms in total. The van der Waals surface area contributed by atoms with Crippen molar-refractivity contribution in [1.29, 1.82) is 0 Å². The summed E-state index contributed by atoms with van der Waals surface area (Å²) in [5.41, 5.74) is 6.03. The molecule has 0 aromatic carbocycles. The molecular formula is C8H14N2. The number of nitrogens with two attached hydrogens (primary N) is 1. The van der Waals surface area contributed by atoms with E-state index in [9.17, 15) is 0 Å². The molecule has 4 bridgehead atoms. The lowest BCUT2D eigenvalue weighted by molar-refractivity contribution is 0.138. The minimum absolute atomic E-state index is 0.434. The first-order chi connectivity index (χ1) is 4.84. The Bertz CT molecular complexity index is 163. The summed E-state index contributed by atoms with van der Waals surface area (Å²) in [5, 5.41) is 0. The molecule has 2 heteroatoms. The lowest BCUT2D eigenvalue weighted by atomic mass is 9.98. The van der Waals surface area contributed by atoms with Crippen LogP contribution in [0.25, 0.3) is 0 Å². The Morgan fingerprint density at radius 1 is 1.20 bits per heavy atom. The SMILES string of the molecule is NC1C2CC3CC2CN1C3. The van der Waals surface area contributed by atoms with Gasteiger partial charge in [-0.3, -0.25) is 4.90 Å². The van der Waals surface area contributed by atoms with Gasteiger partial charge >= 0.3 is 0 Å². The third kappa shape index (κ3) is 0.487. The van der Waals surface area contributed by atoms with E-state index >= 15 is 0 Å². The van der Waals surface area contributed by atoms with Crippen molar-refractivity contribution in [3.8, 4) is 0 Å². The molecule has 4 rings (SSSR count). The molecule has 0 aromatic heterocycles. The molecule has 4 fully saturated rings. The largest absolute Gasteiger partial charge is 0.315 e. The number of hydrogen-bond acceptors (Lipinski definition) is 2. The van der Waals surface area contributed by atoms with Crippen LogP contribution in [0.3, 0.4) is 0 Å². The van der Waals surface area contributed by atoms with Gasteiger partial charge < -0.3 is 5.73 Å². The molecule has 1 saturated carbocycles. The van der Waals surface area contributed by atoms with Crippen molar-refractivity contribution in [2.75, 3.05) is 13.1 Å². The highest BCUT2D eigenvalue weighted by atomic mass is 15.3. The molecule has 2 N–H and O–H groups in total. The fourth-order valence-corrected chi connectivity index (χ4v) is 3.28. The molecule has 1 aliphatic carbocycles. The van der Waals surface area contributed by atoms with E-state index in [1.54, 1.807) is 0 Å². The topological polar surface area (TPSA) is 29.3 Å². The third-order valence-electron chi connectivity index (χ3n) is 3.67. The second-order valence-electron chi connectivity index (χ2n) is 4.21. The van der Waals surface area contributed by atoms with Gasteiger partial charge in [-0.05, 0) is 30.6 Å². The summed E-state index contributed by atoms with van der Waals surface area (Å²) in [6.45, 7) is 2.61. The van der Waals surface area contributed by atoms with Gasteiger partial charge in [0, 0.05) is 13.1 Å². The minimum atomic E-state index is 0.434. The van der Waals surface area contributed by atoms with Crippen LogP contribution in [-0.2, 0) is 0 Å². The maximum Gasteiger partial charge on any atom is 0.0604 e. The van der Waals surface area contributed by atoms with Gasteiger partial charge in [-0.1, -0.05) is 0 Å². The summed E-state index contributed by atoms with van der Waals surface area (Å²) >= 11 is 0. The summed E-state index contributed by atoms with van der Waals surface area (Å²) in [6.07, 6.45) is 3.35. The molecule has 5 unspecified atom stereocenters. The molecule has 0 spiro atoms. The molecule has 4 aliphatic rings. The van der Waals surface area contributed by atoms with Gasteiger partial charge in [0.15, 0.2) is 0 Å². The predicted molar refractivity (Wildman–Crippen MR) is 39.3 cm³/mol. The number of piperidine rings is 2. The Kier molecular flexibility index (Phi) is 0.868. The van der Waals surface area contributed by atoms with Crippen LogP contribution in [0.5, 0.6) is 0 Å². The maximum atomic E-state index is 6.03. The fourth-order valence-electron chi connectivity index (χ4n) is 3.28. The van der Waals surface area contributed by atoms with Crippen LogP contribution < -0.4 is 5.73 Å². The maximum absolute atomic E-state index is 6.03. The second kappa shape index (κ2) is 1.56. The average molecular weight is 138 g/mol. The Morgan fingerprint density at radius 2 is 2.10 bits per heavy atom. The van der Waals surface area contributed by atoms with E-state index in [0.717, 1.165) is 17.8 Å². The van der Waals surface area contributed by atoms with E-state index in [1.165, 1.54) is 25.9 Å². The monoisotopic (exact) mass is 138 g/mol. The first-order valence-electron chi connectivity index (χ1n) is 4.34. The highest BCUT2D eigenvalue weighted by Gasteiger charge is 2.51. The third-order valence-corrected chi connectivity index (χ3v) is 3.67. The van der Waals surface area contributed by atoms with E-state index in [-0.39, 0.29) is 0 Å². The van der Waals surface area contributed by atoms with Crippen molar-refractivity contribution in [3.63, 3.8) is 0 Å². The smallest absolute Gasteiger partial charge is 0.0604 e. The molecule has 0 amide bonds. The van der Waals surface area contributed by atoms with Crippen molar-refractivity contribution < 1.29 is 0 Å². The van der Waals surface area contributed by atoms with Gasteiger partial charge in [-0.25, -0.2) is 0 Å². The van der Waals surface area contributed by atoms with E-state index in [1.807, 2.05) is 0 Å². The zero-order valence-electron chi connectivity index (χ0n) is 6.16. The van der Waals surface area contributed by atoms with Crippen molar-refractivity contribution in [2.24, 2.45) is 23.5 Å². The summed E-state index contributed by atoms with van der Waals surface area (Å²) in [6, 6.07) is 0. The van der Waals surface area contributed by atoms with E-state index < -0.39 is 0 Å². The van der Waals surface area contributed by atoms with Gasteiger partial charge in [0.2, 0.25) is 0 Å². The summed E-state index contributed by atoms with van der Waals surface area (Å²) in [7, 11) is 0. The number of rotatable bonds is 0. The first kappa shape index (κ1) is 5.56. The number of hydrogen-bond donors (Lipinski definition) is 1. The molecule has 3 saturated heterocycles. The van der Waals surface area contributed by atoms with Crippen LogP contribution in [-0.4, -0.2) is 24.2 Å². The van der Waals surface area contributed by atoms with Crippen LogP contribution in [0.4, 0.5) is 0 Å². The van der Waals surface area contributed by atoms with E-state index in [2.05, 4.69) is 4.90 Å². The van der Waals surface area contributed by atoms with Crippen LogP contribution in [0.15, 0.2) is 0 Å². The zero-order chi connectivity index (χ0) is 6.72. The molecule has 56 valence electrons. The fraction of sp³-hybridized carbons (Fsp3) is 1.00. The van der Waals surface area contributed by atoms with Crippen LogP contribution in [0.2, 0.25) is 0 Å². The van der Waals surface area contributed by atoms with Gasteiger partial charge in [0.05, 0.1) is 6.17 Å². The first-order valence-corrected chi connectivity index (χ1v) is 4.34. The Morgan fingerprint density at radius 3 is 2.80 bits per heavy atom. The number of nitrogens with zero attached hydrogens (tertiary/aromatic N) is 1. The summed E-state index contributed by atoms with van der Waals surface area (Å²) in [4.78, 5) is 2.48. The van der Waals surface area contributed by atoms with Gasteiger partial charge in [-0.15, -0.1) is 0 Å². The van der Waals surface area contributed by atoms with Gasteiger partial charge in [-0.2, -0.15) is 0 Å². The normalized spacial score (nSPS) is 63.9. The second-order valence-corrected chi connectivity index (χ2v) is 4.21. The molecule has 0 aromatic rings. The van der Waals surface area contributed by atoms with Crippen LogP contribution >= 0.6 is 0 Å². The van der Waals surface area contributed by atoms with E-state index in [4.69, 9.17) is 5.73 Å². The zero-order valence-corrected chi connectivity index (χ0v) is 6.16. The van der Waals surface area contributed by atoms with Crippen LogP contribution in [0, 0.1) is 17.8 Å². The average Bonchev–Trinajstić information content (AvgIpc) is 2.31. The Balaban J connectivity index is 1.99. The highest BCUT2D eigenvalue weighted by molar-refractivity contribution is 5.02. The quantitative estimate of drug-likeness (QED) is 0.519. The molecule has 3 heterocycles.